The van der Waals surface area contributed by atoms with E-state index in [4.69, 9.17) is 4.74 Å². The molecule has 7 heteroatoms. The Morgan fingerprint density at radius 3 is 2.43 bits per heavy atom. The molecule has 0 bridgehead atoms. The number of halogens is 2. The fraction of sp³-hybridized carbons (Fsp3) is 0.333. The van der Waals surface area contributed by atoms with Crippen LogP contribution in [0.4, 0.5) is 14.5 Å². The minimum absolute atomic E-state index is 0.0973. The topological polar surface area (TPSA) is 45.1 Å². The van der Waals surface area contributed by atoms with E-state index in [9.17, 15) is 13.6 Å². The van der Waals surface area contributed by atoms with Crippen molar-refractivity contribution < 1.29 is 18.3 Å². The predicted molar refractivity (Wildman–Crippen MR) is 105 cm³/mol. The predicted octanol–water partition coefficient (Wildman–Crippen LogP) is 3.73. The van der Waals surface area contributed by atoms with Crippen molar-refractivity contribution >= 4 is 17.3 Å². The second-order valence-corrected chi connectivity index (χ2v) is 6.49. The number of nitrogens with zero attached hydrogens (tertiary/aromatic N) is 3. The normalized spacial score (nSPS) is 16.4. The van der Waals surface area contributed by atoms with E-state index in [2.05, 4.69) is 5.10 Å². The summed E-state index contributed by atoms with van der Waals surface area (Å²) in [5.74, 6) is -0.475. The summed E-state index contributed by atoms with van der Waals surface area (Å²) >= 11 is 0. The van der Waals surface area contributed by atoms with Gasteiger partial charge in [0, 0.05) is 20.1 Å². The van der Waals surface area contributed by atoms with Crippen molar-refractivity contribution in [2.24, 2.45) is 5.10 Å². The molecule has 28 heavy (non-hydrogen) atoms. The molecule has 0 aliphatic carbocycles. The lowest BCUT2D eigenvalue weighted by atomic mass is 10.0. The Labute approximate surface area is 163 Å². The molecule has 1 atom stereocenters. The van der Waals surface area contributed by atoms with Crippen LogP contribution in [0.2, 0.25) is 0 Å². The van der Waals surface area contributed by atoms with E-state index in [1.54, 1.807) is 5.01 Å². The molecule has 0 saturated heterocycles. The van der Waals surface area contributed by atoms with Gasteiger partial charge in [-0.1, -0.05) is 48.5 Å². The Bertz CT molecular complexity index is 800. The third-order valence-electron chi connectivity index (χ3n) is 4.57. The molecule has 1 unspecified atom stereocenters. The lowest BCUT2D eigenvalue weighted by Gasteiger charge is -2.23. The third-order valence-corrected chi connectivity index (χ3v) is 4.57. The van der Waals surface area contributed by atoms with Gasteiger partial charge in [-0.25, -0.2) is 8.78 Å². The van der Waals surface area contributed by atoms with E-state index in [1.165, 1.54) is 7.11 Å². The van der Waals surface area contributed by atoms with Crippen molar-refractivity contribution in [3.8, 4) is 0 Å². The average Bonchev–Trinajstić information content (AvgIpc) is 3.17. The molecule has 3 rings (SSSR count). The first-order chi connectivity index (χ1) is 13.6. The Hall–Kier alpha value is -2.80. The maximum atomic E-state index is 13.0. The standard InChI is InChI=1S/C21H23F2N3O2/c1-28-13-12-25(15-20(22)23)21(27)18-14-19(16-8-4-2-5-9-16)26(24-18)17-10-6-3-7-11-17/h2-11,19-20H,12-15H2,1H3. The second kappa shape index (κ2) is 9.41. The monoisotopic (exact) mass is 387 g/mol. The molecule has 1 heterocycles. The van der Waals surface area contributed by atoms with E-state index >= 15 is 0 Å². The van der Waals surface area contributed by atoms with Gasteiger partial charge in [0.2, 0.25) is 0 Å². The molecule has 1 aliphatic heterocycles. The highest BCUT2D eigenvalue weighted by molar-refractivity contribution is 6.39. The highest BCUT2D eigenvalue weighted by Gasteiger charge is 2.34. The number of hydrogen-bond acceptors (Lipinski definition) is 4. The molecule has 0 radical (unpaired) electrons. The maximum absolute atomic E-state index is 13.0. The van der Waals surface area contributed by atoms with E-state index in [0.29, 0.717) is 6.42 Å². The number of hydrazone groups is 1. The number of ether oxygens (including phenoxy) is 1. The summed E-state index contributed by atoms with van der Waals surface area (Å²) in [4.78, 5) is 14.0. The van der Waals surface area contributed by atoms with Gasteiger partial charge in [0.25, 0.3) is 12.3 Å². The maximum Gasteiger partial charge on any atom is 0.270 e. The zero-order valence-electron chi connectivity index (χ0n) is 15.7. The summed E-state index contributed by atoms with van der Waals surface area (Å²) in [6.45, 7) is -0.348. The van der Waals surface area contributed by atoms with Crippen LogP contribution in [0.25, 0.3) is 0 Å². The summed E-state index contributed by atoms with van der Waals surface area (Å²) in [6.07, 6.45) is -2.26. The first-order valence-electron chi connectivity index (χ1n) is 9.13. The highest BCUT2D eigenvalue weighted by Crippen LogP contribution is 2.35. The number of carbonyl (C=O) groups is 1. The van der Waals surface area contributed by atoms with Crippen molar-refractivity contribution in [1.29, 1.82) is 0 Å². The summed E-state index contributed by atoms with van der Waals surface area (Å²) in [7, 11) is 1.47. The number of alkyl halides is 2. The average molecular weight is 387 g/mol. The Balaban J connectivity index is 1.89. The molecule has 0 saturated carbocycles. The first-order valence-corrected chi connectivity index (χ1v) is 9.13. The van der Waals surface area contributed by atoms with Gasteiger partial charge in [-0.15, -0.1) is 0 Å². The van der Waals surface area contributed by atoms with E-state index in [1.807, 2.05) is 60.7 Å². The van der Waals surface area contributed by atoms with E-state index in [-0.39, 0.29) is 24.9 Å². The third kappa shape index (κ3) is 4.72. The van der Waals surface area contributed by atoms with Crippen LogP contribution in [-0.2, 0) is 9.53 Å². The molecule has 0 spiro atoms. The fourth-order valence-corrected chi connectivity index (χ4v) is 3.22. The number of hydrogen-bond donors (Lipinski definition) is 0. The molecule has 5 nitrogen and oxygen atoms in total. The number of methoxy groups -OCH3 is 1. The molecule has 2 aromatic carbocycles. The highest BCUT2D eigenvalue weighted by atomic mass is 19.3. The second-order valence-electron chi connectivity index (χ2n) is 6.49. The number of anilines is 1. The van der Waals surface area contributed by atoms with Gasteiger partial charge >= 0.3 is 0 Å². The molecule has 1 aliphatic rings. The van der Waals surface area contributed by atoms with Gasteiger partial charge in [0.15, 0.2) is 0 Å². The Morgan fingerprint density at radius 1 is 1.18 bits per heavy atom. The molecular formula is C21H23F2N3O2. The van der Waals surface area contributed by atoms with Crippen LogP contribution in [0.5, 0.6) is 0 Å². The molecule has 2 aromatic rings. The Kier molecular flexibility index (Phi) is 6.71. The van der Waals surface area contributed by atoms with Crippen LogP contribution < -0.4 is 5.01 Å². The van der Waals surface area contributed by atoms with Crippen molar-refractivity contribution in [2.45, 2.75) is 18.9 Å². The molecular weight excluding hydrogens is 364 g/mol. The number of rotatable bonds is 8. The zero-order valence-corrected chi connectivity index (χ0v) is 15.7. The smallest absolute Gasteiger partial charge is 0.270 e. The summed E-state index contributed by atoms with van der Waals surface area (Å²) in [6, 6.07) is 19.1. The summed E-state index contributed by atoms with van der Waals surface area (Å²) < 4.78 is 30.9. The largest absolute Gasteiger partial charge is 0.383 e. The van der Waals surface area contributed by atoms with Gasteiger partial charge in [0.1, 0.15) is 5.71 Å². The molecule has 1 amide bonds. The Morgan fingerprint density at radius 2 is 1.82 bits per heavy atom. The van der Waals surface area contributed by atoms with Gasteiger partial charge in [0.05, 0.1) is 24.9 Å². The lowest BCUT2D eigenvalue weighted by Crippen LogP contribution is -2.41. The van der Waals surface area contributed by atoms with Crippen molar-refractivity contribution in [3.63, 3.8) is 0 Å². The van der Waals surface area contributed by atoms with Crippen LogP contribution in [-0.4, -0.2) is 49.8 Å². The SMILES string of the molecule is COCCN(CC(F)F)C(=O)C1=NN(c2ccccc2)C(c2ccccc2)C1. The summed E-state index contributed by atoms with van der Waals surface area (Å²) in [5, 5.41) is 6.32. The van der Waals surface area contributed by atoms with Crippen LogP contribution in [0, 0.1) is 0 Å². The summed E-state index contributed by atoms with van der Waals surface area (Å²) in [5.41, 5.74) is 2.13. The van der Waals surface area contributed by atoms with Crippen molar-refractivity contribution in [1.82, 2.24) is 4.90 Å². The van der Waals surface area contributed by atoms with Crippen LogP contribution in [0.15, 0.2) is 65.8 Å². The van der Waals surface area contributed by atoms with Crippen LogP contribution in [0.1, 0.15) is 18.0 Å². The van der Waals surface area contributed by atoms with E-state index in [0.717, 1.165) is 16.2 Å². The van der Waals surface area contributed by atoms with Gasteiger partial charge in [-0.3, -0.25) is 9.80 Å². The van der Waals surface area contributed by atoms with Crippen LogP contribution >= 0.6 is 0 Å². The molecule has 148 valence electrons. The quantitative estimate of drug-likeness (QED) is 0.693. The van der Waals surface area contributed by atoms with Gasteiger partial charge in [-0.05, 0) is 17.7 Å². The number of para-hydroxylation sites is 1. The zero-order chi connectivity index (χ0) is 19.9. The lowest BCUT2D eigenvalue weighted by molar-refractivity contribution is -0.126. The minimum atomic E-state index is -2.61. The minimum Gasteiger partial charge on any atom is -0.383 e. The van der Waals surface area contributed by atoms with Gasteiger partial charge in [-0.2, -0.15) is 5.10 Å². The van der Waals surface area contributed by atoms with Crippen molar-refractivity contribution in [3.05, 3.63) is 66.2 Å². The van der Waals surface area contributed by atoms with Crippen molar-refractivity contribution in [2.75, 3.05) is 31.8 Å². The van der Waals surface area contributed by atoms with Gasteiger partial charge < -0.3 is 9.64 Å². The van der Waals surface area contributed by atoms with E-state index < -0.39 is 18.9 Å². The first kappa shape index (κ1) is 19.9. The van der Waals surface area contributed by atoms with Crippen LogP contribution in [0.3, 0.4) is 0 Å². The number of benzene rings is 2. The molecule has 0 aromatic heterocycles. The fourth-order valence-electron chi connectivity index (χ4n) is 3.22. The number of carbonyl (C=O) groups excluding carboxylic acids is 1. The number of amides is 1. The molecule has 0 N–H and O–H groups in total. The molecule has 0 fully saturated rings.